The quantitative estimate of drug-likeness (QED) is 0.674. The Morgan fingerprint density at radius 2 is 2.27 bits per heavy atom. The molecule has 2 aromatic rings. The number of nitrogen functional groups attached to an aromatic ring is 1. The van der Waals surface area contributed by atoms with Crippen LogP contribution in [0.4, 0.5) is 5.82 Å². The lowest BCUT2D eigenvalue weighted by Crippen LogP contribution is -2.37. The Balaban J connectivity index is 2.11. The van der Waals surface area contributed by atoms with E-state index in [0.29, 0.717) is 17.8 Å². The van der Waals surface area contributed by atoms with Gasteiger partial charge < -0.3 is 20.7 Å². The molecule has 0 aliphatic carbocycles. The first-order valence-electron chi connectivity index (χ1n) is 7.25. The Hall–Kier alpha value is -2.28. The van der Waals surface area contributed by atoms with Crippen molar-refractivity contribution in [3.05, 3.63) is 34.7 Å². The van der Waals surface area contributed by atoms with E-state index in [9.17, 15) is 9.90 Å². The molecule has 1 atom stereocenters. The predicted molar refractivity (Wildman–Crippen MR) is 86.5 cm³/mol. The number of piperidine rings is 1. The number of nitrogens with two attached hydrogens (primary N) is 1. The van der Waals surface area contributed by atoms with Gasteiger partial charge in [0.2, 0.25) is 0 Å². The first kappa shape index (κ1) is 14.7. The third-order valence-corrected chi connectivity index (χ3v) is 3.96. The molecule has 0 spiro atoms. The summed E-state index contributed by atoms with van der Waals surface area (Å²) >= 11 is 0. The fourth-order valence-corrected chi connectivity index (χ4v) is 2.77. The number of hydrogen-bond acceptors (Lipinski definition) is 5. The second-order valence-electron chi connectivity index (χ2n) is 5.47. The second kappa shape index (κ2) is 5.85. The number of phenols is 1. The van der Waals surface area contributed by atoms with Gasteiger partial charge in [0, 0.05) is 24.3 Å². The van der Waals surface area contributed by atoms with Crippen LogP contribution in [0.15, 0.2) is 29.2 Å². The molecule has 2 heterocycles. The van der Waals surface area contributed by atoms with Gasteiger partial charge in [0.25, 0.3) is 5.56 Å². The molecule has 0 saturated carbocycles. The van der Waals surface area contributed by atoms with Crippen LogP contribution in [0, 0.1) is 0 Å². The van der Waals surface area contributed by atoms with Crippen LogP contribution < -0.4 is 22.1 Å². The third kappa shape index (κ3) is 2.59. The number of para-hydroxylation sites is 1. The second-order valence-corrected chi connectivity index (χ2v) is 5.47. The van der Waals surface area contributed by atoms with E-state index in [2.05, 4.69) is 10.3 Å². The number of phenolic OH excluding ortho intramolecular Hbond substituents is 1. The van der Waals surface area contributed by atoms with Gasteiger partial charge in [-0.05, 0) is 25.5 Å². The maximum Gasteiger partial charge on any atom is 0.293 e. The summed E-state index contributed by atoms with van der Waals surface area (Å²) in [5.74, 6) is -0.133. The van der Waals surface area contributed by atoms with Crippen LogP contribution in [0.5, 0.6) is 5.75 Å². The topological polar surface area (TPSA) is 93.2 Å². The van der Waals surface area contributed by atoms with Crippen molar-refractivity contribution in [1.82, 2.24) is 14.9 Å². The Labute approximate surface area is 129 Å². The van der Waals surface area contributed by atoms with Gasteiger partial charge in [0.1, 0.15) is 13.6 Å². The van der Waals surface area contributed by atoms with Crippen LogP contribution in [0.1, 0.15) is 18.9 Å². The minimum absolute atomic E-state index is 0.0357. The van der Waals surface area contributed by atoms with Gasteiger partial charge in [0.05, 0.1) is 5.69 Å². The van der Waals surface area contributed by atoms with E-state index >= 15 is 0 Å². The van der Waals surface area contributed by atoms with Crippen molar-refractivity contribution in [2.75, 3.05) is 18.8 Å². The first-order valence-corrected chi connectivity index (χ1v) is 7.25. The van der Waals surface area contributed by atoms with E-state index in [1.807, 2.05) is 0 Å². The molecule has 4 N–H and O–H groups in total. The minimum atomic E-state index is -0.305. The van der Waals surface area contributed by atoms with Crippen LogP contribution in [0.3, 0.4) is 0 Å². The molecular weight excluding hydrogens is 279 g/mol. The molecule has 7 heteroatoms. The molecule has 22 heavy (non-hydrogen) atoms. The summed E-state index contributed by atoms with van der Waals surface area (Å²) in [7, 11) is 5.72. The summed E-state index contributed by atoms with van der Waals surface area (Å²) in [6, 6.07) is 5.05. The number of nitrogens with zero attached hydrogens (tertiary/aromatic N) is 2. The minimum Gasteiger partial charge on any atom is -0.508 e. The molecule has 112 valence electrons. The number of aromatic nitrogens is 2. The van der Waals surface area contributed by atoms with E-state index in [4.69, 9.17) is 13.6 Å². The zero-order valence-corrected chi connectivity index (χ0v) is 12.1. The summed E-state index contributed by atoms with van der Waals surface area (Å²) in [5.41, 5.74) is 6.63. The first-order chi connectivity index (χ1) is 10.6. The molecule has 0 amide bonds. The maximum absolute atomic E-state index is 12.3. The highest BCUT2D eigenvalue weighted by molar-refractivity contribution is 6.34. The molecule has 1 fully saturated rings. The summed E-state index contributed by atoms with van der Waals surface area (Å²) in [6.07, 6.45) is 3.54. The van der Waals surface area contributed by atoms with Gasteiger partial charge in [-0.3, -0.25) is 4.79 Å². The number of aromatic hydroxyl groups is 1. The van der Waals surface area contributed by atoms with E-state index < -0.39 is 0 Å². The molecule has 0 bridgehead atoms. The average molecular weight is 296 g/mol. The Morgan fingerprint density at radius 1 is 1.45 bits per heavy atom. The monoisotopic (exact) mass is 296 g/mol. The molecule has 2 radical (unpaired) electrons. The smallest absolute Gasteiger partial charge is 0.293 e. The number of nitrogens with one attached hydrogen (secondary N) is 1. The molecular formula is C15H17BN4O2. The molecule has 1 aliphatic rings. The molecule has 1 unspecified atom stereocenters. The van der Waals surface area contributed by atoms with E-state index in [1.54, 1.807) is 29.0 Å². The van der Waals surface area contributed by atoms with E-state index in [1.165, 1.54) is 0 Å². The SMILES string of the molecule is [B]c1cccc(-c2cn(C3CCCNC3)c(=O)c(N)n2)c1O. The fraction of sp³-hybridized carbons (Fsp3) is 0.333. The van der Waals surface area contributed by atoms with E-state index in [-0.39, 0.29) is 28.6 Å². The zero-order valence-electron chi connectivity index (χ0n) is 12.1. The molecule has 1 aromatic heterocycles. The third-order valence-electron chi connectivity index (χ3n) is 3.96. The van der Waals surface area contributed by atoms with Gasteiger partial charge in [-0.15, -0.1) is 0 Å². The highest BCUT2D eigenvalue weighted by atomic mass is 16.3. The van der Waals surface area contributed by atoms with Crippen molar-refractivity contribution in [2.24, 2.45) is 0 Å². The number of anilines is 1. The highest BCUT2D eigenvalue weighted by Gasteiger charge is 2.19. The van der Waals surface area contributed by atoms with Crippen LogP contribution in [-0.2, 0) is 0 Å². The molecule has 3 rings (SSSR count). The predicted octanol–water partition coefficient (Wildman–Crippen LogP) is -0.0836. The summed E-state index contributed by atoms with van der Waals surface area (Å²) < 4.78 is 1.60. The lowest BCUT2D eigenvalue weighted by Gasteiger charge is -2.25. The van der Waals surface area contributed by atoms with Crippen molar-refractivity contribution in [1.29, 1.82) is 0 Å². The summed E-state index contributed by atoms with van der Waals surface area (Å²) in [5, 5.41) is 13.4. The van der Waals surface area contributed by atoms with Crippen molar-refractivity contribution in [3.63, 3.8) is 0 Å². The van der Waals surface area contributed by atoms with Crippen molar-refractivity contribution < 1.29 is 5.11 Å². The van der Waals surface area contributed by atoms with Crippen molar-refractivity contribution in [3.8, 4) is 17.0 Å². The molecule has 1 aromatic carbocycles. The van der Waals surface area contributed by atoms with Gasteiger partial charge in [-0.2, -0.15) is 0 Å². The zero-order chi connectivity index (χ0) is 15.7. The van der Waals surface area contributed by atoms with Crippen LogP contribution >= 0.6 is 0 Å². The summed E-state index contributed by atoms with van der Waals surface area (Å²) in [4.78, 5) is 16.4. The number of hydrogen-bond donors (Lipinski definition) is 3. The lowest BCUT2D eigenvalue weighted by molar-refractivity contribution is 0.364. The van der Waals surface area contributed by atoms with Crippen LogP contribution in [0.2, 0.25) is 0 Å². The lowest BCUT2D eigenvalue weighted by atomic mass is 9.92. The summed E-state index contributed by atoms with van der Waals surface area (Å²) in [6.45, 7) is 1.67. The Morgan fingerprint density at radius 3 is 3.00 bits per heavy atom. The van der Waals surface area contributed by atoms with Crippen LogP contribution in [0.25, 0.3) is 11.3 Å². The average Bonchev–Trinajstić information content (AvgIpc) is 2.53. The maximum atomic E-state index is 12.3. The van der Waals surface area contributed by atoms with Crippen molar-refractivity contribution in [2.45, 2.75) is 18.9 Å². The van der Waals surface area contributed by atoms with Crippen molar-refractivity contribution >= 4 is 19.1 Å². The Bertz CT molecular complexity index is 754. The van der Waals surface area contributed by atoms with Gasteiger partial charge in [-0.25, -0.2) is 4.98 Å². The highest BCUT2D eigenvalue weighted by Crippen LogP contribution is 2.26. The normalized spacial score (nSPS) is 18.3. The molecule has 1 aliphatic heterocycles. The standard InChI is InChI=1S/C15H17BN4O2/c16-11-5-1-4-10(13(11)21)12-8-20(15(22)14(17)19-12)9-3-2-6-18-7-9/h1,4-5,8-9,18,21H,2-3,6-7H2,(H2,17,19). The molecule has 6 nitrogen and oxygen atoms in total. The van der Waals surface area contributed by atoms with Gasteiger partial charge >= 0.3 is 0 Å². The fourth-order valence-electron chi connectivity index (χ4n) is 2.77. The number of benzene rings is 1. The Kier molecular flexibility index (Phi) is 3.89. The largest absolute Gasteiger partial charge is 0.508 e. The molecule has 1 saturated heterocycles. The number of rotatable bonds is 2. The van der Waals surface area contributed by atoms with Gasteiger partial charge in [-0.1, -0.05) is 17.6 Å². The van der Waals surface area contributed by atoms with Gasteiger partial charge in [0.15, 0.2) is 5.82 Å². The van der Waals surface area contributed by atoms with Crippen LogP contribution in [-0.4, -0.2) is 35.6 Å². The van der Waals surface area contributed by atoms with E-state index in [0.717, 1.165) is 19.4 Å².